The van der Waals surface area contributed by atoms with Crippen molar-refractivity contribution in [3.8, 4) is 0 Å². The van der Waals surface area contributed by atoms with Gasteiger partial charge >= 0.3 is 5.69 Å². The highest BCUT2D eigenvalue weighted by Crippen LogP contribution is 2.43. The van der Waals surface area contributed by atoms with Crippen molar-refractivity contribution in [3.63, 3.8) is 0 Å². The van der Waals surface area contributed by atoms with Gasteiger partial charge in [-0.2, -0.15) is 5.10 Å². The number of hydrogen-bond donors (Lipinski definition) is 1. The Morgan fingerprint density at radius 3 is 2.63 bits per heavy atom. The number of imidazole rings is 1. The molecule has 1 aromatic carbocycles. The first-order valence-corrected chi connectivity index (χ1v) is 11.1. The van der Waals surface area contributed by atoms with Crippen LogP contribution in [-0.2, 0) is 0 Å². The fraction of sp³-hybridized carbons (Fsp3) is 0.522. The van der Waals surface area contributed by atoms with E-state index in [1.807, 2.05) is 33.7 Å². The van der Waals surface area contributed by atoms with Crippen molar-refractivity contribution in [2.45, 2.75) is 64.0 Å². The van der Waals surface area contributed by atoms with Crippen molar-refractivity contribution in [3.05, 3.63) is 52.2 Å². The third-order valence-electron chi connectivity index (χ3n) is 6.78. The topological polar surface area (TPSA) is 75.9 Å². The molecule has 1 aliphatic heterocycles. The Kier molecular flexibility index (Phi) is 4.76. The molecule has 3 heterocycles. The molecule has 158 valence electrons. The molecule has 0 radical (unpaired) electrons. The summed E-state index contributed by atoms with van der Waals surface area (Å²) in [6, 6.07) is 8.22. The lowest BCUT2D eigenvalue weighted by molar-refractivity contribution is 0.0693. The number of amides is 1. The van der Waals surface area contributed by atoms with Crippen LogP contribution in [-0.4, -0.2) is 43.2 Å². The van der Waals surface area contributed by atoms with Crippen LogP contribution >= 0.6 is 0 Å². The molecule has 2 fully saturated rings. The molecule has 3 aromatic rings. The van der Waals surface area contributed by atoms with Crippen LogP contribution in [0.4, 0.5) is 0 Å². The maximum absolute atomic E-state index is 13.3. The second-order valence-electron chi connectivity index (χ2n) is 8.76. The highest BCUT2D eigenvalue weighted by atomic mass is 16.2. The Hall–Kier alpha value is -2.83. The predicted octanol–water partition coefficient (Wildman–Crippen LogP) is 3.85. The standard InChI is InChI=1S/C23H29N5O2/c1-3-15(2)28-21(16-8-9-16)18(14-24-28)22(29)26-12-10-17(11-13-26)27-20-7-5-4-6-19(20)25-23(27)30/h4-7,14-17H,3,8-13H2,1-2H3,(H,25,30)/t15-/m0/s1. The predicted molar refractivity (Wildman–Crippen MR) is 116 cm³/mol. The molecule has 7 nitrogen and oxygen atoms in total. The van der Waals surface area contributed by atoms with E-state index in [0.717, 1.165) is 54.4 Å². The quantitative estimate of drug-likeness (QED) is 0.698. The number of nitrogens with zero attached hydrogens (tertiary/aromatic N) is 4. The van der Waals surface area contributed by atoms with Gasteiger partial charge in [-0.3, -0.25) is 14.0 Å². The molecule has 0 bridgehead atoms. The van der Waals surface area contributed by atoms with Gasteiger partial charge in [-0.25, -0.2) is 4.79 Å². The number of aromatic amines is 1. The van der Waals surface area contributed by atoms with Crippen molar-refractivity contribution in [2.75, 3.05) is 13.1 Å². The van der Waals surface area contributed by atoms with Gasteiger partial charge in [-0.15, -0.1) is 0 Å². The average molecular weight is 408 g/mol. The van der Waals surface area contributed by atoms with Crippen LogP contribution < -0.4 is 5.69 Å². The Balaban J connectivity index is 1.35. The molecule has 1 N–H and O–H groups in total. The van der Waals surface area contributed by atoms with E-state index in [-0.39, 0.29) is 17.6 Å². The van der Waals surface area contributed by atoms with Crippen LogP contribution in [0.25, 0.3) is 11.0 Å². The fourth-order valence-corrected chi connectivity index (χ4v) is 4.76. The van der Waals surface area contributed by atoms with E-state index in [1.54, 1.807) is 6.20 Å². The van der Waals surface area contributed by atoms with Crippen LogP contribution in [0.5, 0.6) is 0 Å². The number of piperidine rings is 1. The summed E-state index contributed by atoms with van der Waals surface area (Å²) in [6.07, 6.45) is 6.64. The Morgan fingerprint density at radius 2 is 1.93 bits per heavy atom. The van der Waals surface area contributed by atoms with E-state index in [9.17, 15) is 9.59 Å². The van der Waals surface area contributed by atoms with Crippen molar-refractivity contribution in [1.82, 2.24) is 24.2 Å². The number of benzene rings is 1. The first kappa shape index (κ1) is 19.2. The van der Waals surface area contributed by atoms with Gasteiger partial charge in [0.2, 0.25) is 0 Å². The van der Waals surface area contributed by atoms with Crippen molar-refractivity contribution in [2.24, 2.45) is 0 Å². The summed E-state index contributed by atoms with van der Waals surface area (Å²) in [5.74, 6) is 0.568. The number of aromatic nitrogens is 4. The minimum atomic E-state index is -0.0631. The van der Waals surface area contributed by atoms with E-state index in [4.69, 9.17) is 0 Å². The van der Waals surface area contributed by atoms with Crippen LogP contribution in [0.2, 0.25) is 0 Å². The number of rotatable bonds is 5. The number of carbonyl (C=O) groups is 1. The summed E-state index contributed by atoms with van der Waals surface area (Å²) in [7, 11) is 0. The highest BCUT2D eigenvalue weighted by molar-refractivity contribution is 5.95. The monoisotopic (exact) mass is 407 g/mol. The van der Waals surface area contributed by atoms with Crippen molar-refractivity contribution >= 4 is 16.9 Å². The maximum atomic E-state index is 13.3. The van der Waals surface area contributed by atoms with Gasteiger partial charge in [0.15, 0.2) is 0 Å². The largest absolute Gasteiger partial charge is 0.338 e. The van der Waals surface area contributed by atoms with Gasteiger partial charge in [-0.1, -0.05) is 19.1 Å². The number of carbonyl (C=O) groups excluding carboxylic acids is 1. The molecule has 1 atom stereocenters. The number of fused-ring (bicyclic) bond motifs is 1. The number of likely N-dealkylation sites (tertiary alicyclic amines) is 1. The number of nitrogens with one attached hydrogen (secondary N) is 1. The smallest absolute Gasteiger partial charge is 0.326 e. The van der Waals surface area contributed by atoms with Crippen LogP contribution in [0, 0.1) is 0 Å². The zero-order valence-electron chi connectivity index (χ0n) is 17.7. The highest BCUT2D eigenvalue weighted by Gasteiger charge is 2.35. The molecule has 0 unspecified atom stereocenters. The number of para-hydroxylation sites is 2. The molecule has 0 spiro atoms. The summed E-state index contributed by atoms with van der Waals surface area (Å²) in [6.45, 7) is 5.64. The lowest BCUT2D eigenvalue weighted by Crippen LogP contribution is -2.40. The molecule has 2 aromatic heterocycles. The lowest BCUT2D eigenvalue weighted by atomic mass is 10.0. The number of hydrogen-bond acceptors (Lipinski definition) is 3. The van der Waals surface area contributed by atoms with Crippen LogP contribution in [0.1, 0.15) is 80.0 Å². The second kappa shape index (κ2) is 7.45. The zero-order valence-corrected chi connectivity index (χ0v) is 17.7. The van der Waals surface area contributed by atoms with E-state index in [1.165, 1.54) is 0 Å². The molecular weight excluding hydrogens is 378 g/mol. The molecule has 30 heavy (non-hydrogen) atoms. The molecule has 7 heteroatoms. The van der Waals surface area contributed by atoms with E-state index in [0.29, 0.717) is 25.0 Å². The van der Waals surface area contributed by atoms with Crippen LogP contribution in [0.3, 0.4) is 0 Å². The van der Waals surface area contributed by atoms with Crippen molar-refractivity contribution in [1.29, 1.82) is 0 Å². The first-order valence-electron chi connectivity index (χ1n) is 11.1. The molecule has 1 saturated heterocycles. The maximum Gasteiger partial charge on any atom is 0.326 e. The van der Waals surface area contributed by atoms with Crippen LogP contribution in [0.15, 0.2) is 35.3 Å². The van der Waals surface area contributed by atoms with E-state index in [2.05, 4.69) is 28.6 Å². The fourth-order valence-electron chi connectivity index (χ4n) is 4.76. The molecule has 1 amide bonds. The normalized spacial score (nSPS) is 18.8. The molecule has 2 aliphatic rings. The third-order valence-corrected chi connectivity index (χ3v) is 6.78. The SMILES string of the molecule is CC[C@H](C)n1ncc(C(=O)N2CCC(n3c(=O)[nH]c4ccccc43)CC2)c1C1CC1. The number of H-pyrrole nitrogens is 1. The average Bonchev–Trinajstić information content (AvgIpc) is 3.42. The molecule has 1 saturated carbocycles. The summed E-state index contributed by atoms with van der Waals surface area (Å²) < 4.78 is 3.94. The molecule has 1 aliphatic carbocycles. The Bertz CT molecular complexity index is 1130. The van der Waals surface area contributed by atoms with Crippen molar-refractivity contribution < 1.29 is 4.79 Å². The first-order chi connectivity index (χ1) is 14.6. The van der Waals surface area contributed by atoms with Gasteiger partial charge in [0, 0.05) is 31.1 Å². The van der Waals surface area contributed by atoms with Gasteiger partial charge in [0.25, 0.3) is 5.91 Å². The van der Waals surface area contributed by atoms with E-state index < -0.39 is 0 Å². The van der Waals surface area contributed by atoms with Gasteiger partial charge in [0.1, 0.15) is 0 Å². The summed E-state index contributed by atoms with van der Waals surface area (Å²) in [5, 5.41) is 4.59. The third kappa shape index (κ3) is 3.16. The summed E-state index contributed by atoms with van der Waals surface area (Å²) >= 11 is 0. The van der Waals surface area contributed by atoms with Gasteiger partial charge in [-0.05, 0) is 51.2 Å². The Morgan fingerprint density at radius 1 is 1.20 bits per heavy atom. The molecular formula is C23H29N5O2. The molecule has 5 rings (SSSR count). The van der Waals surface area contributed by atoms with Gasteiger partial charge < -0.3 is 9.88 Å². The zero-order chi connectivity index (χ0) is 20.8. The lowest BCUT2D eigenvalue weighted by Gasteiger charge is -2.32. The second-order valence-corrected chi connectivity index (χ2v) is 8.76. The summed E-state index contributed by atoms with van der Waals surface area (Å²) in [4.78, 5) is 30.7. The van der Waals surface area contributed by atoms with Gasteiger partial charge in [0.05, 0.1) is 28.5 Å². The summed E-state index contributed by atoms with van der Waals surface area (Å²) in [5.41, 5.74) is 3.65. The van der Waals surface area contributed by atoms with E-state index >= 15 is 0 Å². The Labute approximate surface area is 175 Å². The minimum Gasteiger partial charge on any atom is -0.338 e. The minimum absolute atomic E-state index is 0.0631.